The fourth-order valence-corrected chi connectivity index (χ4v) is 2.89. The minimum absolute atomic E-state index is 0.0967. The van der Waals surface area contributed by atoms with Gasteiger partial charge in [0.15, 0.2) is 11.6 Å². The van der Waals surface area contributed by atoms with Crippen LogP contribution in [0.15, 0.2) is 59.0 Å². The van der Waals surface area contributed by atoms with Crippen molar-refractivity contribution in [1.82, 2.24) is 20.2 Å². The maximum atomic E-state index is 14.1. The predicted molar refractivity (Wildman–Crippen MR) is 101 cm³/mol. The summed E-state index contributed by atoms with van der Waals surface area (Å²) in [5, 5.41) is 14.2. The Kier molecular flexibility index (Phi) is 4.62. The average molecular weight is 398 g/mol. The first kappa shape index (κ1) is 17.9. The summed E-state index contributed by atoms with van der Waals surface area (Å²) in [5.74, 6) is -0.0197. The molecule has 0 fully saturated rings. The van der Waals surface area contributed by atoms with Crippen LogP contribution in [-0.2, 0) is 0 Å². The van der Waals surface area contributed by atoms with Crippen molar-refractivity contribution in [3.8, 4) is 17.0 Å². The number of aromatic nitrogens is 4. The molecule has 0 saturated heterocycles. The molecule has 1 amide bonds. The van der Waals surface area contributed by atoms with Crippen LogP contribution in [0.1, 0.15) is 16.4 Å². The van der Waals surface area contributed by atoms with Crippen molar-refractivity contribution in [2.24, 2.45) is 0 Å². The lowest BCUT2D eigenvalue weighted by Gasteiger charge is -2.08. The van der Waals surface area contributed by atoms with Crippen molar-refractivity contribution in [3.05, 3.63) is 77.0 Å². The highest BCUT2D eigenvalue weighted by Crippen LogP contribution is 2.29. The van der Waals surface area contributed by atoms with Gasteiger partial charge in [0.25, 0.3) is 5.91 Å². The van der Waals surface area contributed by atoms with Crippen molar-refractivity contribution in [2.45, 2.75) is 6.92 Å². The largest absolute Gasteiger partial charge is 0.451 e. The summed E-state index contributed by atoms with van der Waals surface area (Å²) in [6.45, 7) is 1.64. The molecule has 0 atom stereocenters. The van der Waals surface area contributed by atoms with Gasteiger partial charge in [0.05, 0.1) is 5.02 Å². The second-order valence-corrected chi connectivity index (χ2v) is 6.31. The molecule has 2 aromatic carbocycles. The Balaban J connectivity index is 1.58. The highest BCUT2D eigenvalue weighted by Gasteiger charge is 2.16. The summed E-state index contributed by atoms with van der Waals surface area (Å²) in [6, 6.07) is 14.5. The molecule has 0 saturated carbocycles. The number of carbonyl (C=O) groups excluding carboxylic acids is 1. The molecule has 0 radical (unpaired) electrons. The van der Waals surface area contributed by atoms with Gasteiger partial charge in [-0.2, -0.15) is 4.68 Å². The zero-order valence-corrected chi connectivity index (χ0v) is 15.3. The predicted octanol–water partition coefficient (Wildman–Crippen LogP) is 4.28. The van der Waals surface area contributed by atoms with Crippen molar-refractivity contribution in [3.63, 3.8) is 0 Å². The van der Waals surface area contributed by atoms with E-state index in [9.17, 15) is 9.18 Å². The normalized spacial score (nSPS) is 10.8. The number of hydrogen-bond donors (Lipinski definition) is 1. The van der Waals surface area contributed by atoms with Gasteiger partial charge in [-0.05, 0) is 59.8 Å². The SMILES string of the molecule is Cc1nnnn1-c1cc(NC(=O)c2ccc(-c3ccccc3Cl)o2)ccc1F. The molecule has 28 heavy (non-hydrogen) atoms. The van der Waals surface area contributed by atoms with Crippen LogP contribution in [-0.4, -0.2) is 26.1 Å². The van der Waals surface area contributed by atoms with Crippen LogP contribution in [0.5, 0.6) is 0 Å². The van der Waals surface area contributed by atoms with Crippen LogP contribution in [0.2, 0.25) is 5.02 Å². The molecule has 0 bridgehead atoms. The summed E-state index contributed by atoms with van der Waals surface area (Å²) in [4.78, 5) is 12.5. The Morgan fingerprint density at radius 3 is 2.75 bits per heavy atom. The van der Waals surface area contributed by atoms with Crippen molar-refractivity contribution >= 4 is 23.2 Å². The molecule has 1 N–H and O–H groups in total. The zero-order chi connectivity index (χ0) is 19.7. The Hall–Kier alpha value is -3.52. The van der Waals surface area contributed by atoms with Gasteiger partial charge in [0, 0.05) is 11.3 Å². The fraction of sp³-hybridized carbons (Fsp3) is 0.0526. The van der Waals surface area contributed by atoms with Crippen molar-refractivity contribution in [1.29, 1.82) is 0 Å². The van der Waals surface area contributed by atoms with Crippen molar-refractivity contribution < 1.29 is 13.6 Å². The minimum atomic E-state index is -0.521. The number of furan rings is 1. The fourth-order valence-electron chi connectivity index (χ4n) is 2.67. The number of tetrazole rings is 1. The number of halogens is 2. The second kappa shape index (κ2) is 7.24. The third-order valence-electron chi connectivity index (χ3n) is 4.03. The maximum Gasteiger partial charge on any atom is 0.291 e. The van der Waals surface area contributed by atoms with Crippen LogP contribution in [0, 0.1) is 12.7 Å². The Morgan fingerprint density at radius 2 is 2.00 bits per heavy atom. The van der Waals surface area contributed by atoms with E-state index < -0.39 is 11.7 Å². The van der Waals surface area contributed by atoms with Gasteiger partial charge in [-0.1, -0.05) is 23.7 Å². The van der Waals surface area contributed by atoms with Gasteiger partial charge in [0.1, 0.15) is 17.3 Å². The van der Waals surface area contributed by atoms with Crippen LogP contribution in [0.3, 0.4) is 0 Å². The third-order valence-corrected chi connectivity index (χ3v) is 4.36. The van der Waals surface area contributed by atoms with E-state index in [1.165, 1.54) is 22.9 Å². The molecular weight excluding hydrogens is 385 g/mol. The molecule has 0 aliphatic rings. The van der Waals surface area contributed by atoms with Crippen LogP contribution >= 0.6 is 11.6 Å². The number of carbonyl (C=O) groups is 1. The number of nitrogens with one attached hydrogen (secondary N) is 1. The lowest BCUT2D eigenvalue weighted by Crippen LogP contribution is -2.12. The number of hydrogen-bond acceptors (Lipinski definition) is 5. The Bertz CT molecular complexity index is 1170. The summed E-state index contributed by atoms with van der Waals surface area (Å²) >= 11 is 6.16. The highest BCUT2D eigenvalue weighted by atomic mass is 35.5. The molecule has 2 heterocycles. The number of aryl methyl sites for hydroxylation is 1. The molecule has 9 heteroatoms. The van der Waals surface area contributed by atoms with Crippen LogP contribution in [0.4, 0.5) is 10.1 Å². The maximum absolute atomic E-state index is 14.1. The van der Waals surface area contributed by atoms with E-state index >= 15 is 0 Å². The average Bonchev–Trinajstić information content (AvgIpc) is 3.33. The van der Waals surface area contributed by atoms with E-state index in [2.05, 4.69) is 20.8 Å². The van der Waals surface area contributed by atoms with E-state index in [0.29, 0.717) is 27.9 Å². The van der Waals surface area contributed by atoms with E-state index in [1.54, 1.807) is 37.3 Å². The van der Waals surface area contributed by atoms with E-state index in [4.69, 9.17) is 16.0 Å². The van der Waals surface area contributed by atoms with E-state index in [1.807, 2.05) is 6.07 Å². The molecule has 0 aliphatic carbocycles. The Morgan fingerprint density at radius 1 is 1.18 bits per heavy atom. The first-order valence-electron chi connectivity index (χ1n) is 8.24. The number of amides is 1. The summed E-state index contributed by atoms with van der Waals surface area (Å²) in [5.41, 5.74) is 1.17. The van der Waals surface area contributed by atoms with E-state index in [-0.39, 0.29) is 11.4 Å². The van der Waals surface area contributed by atoms with Gasteiger partial charge in [-0.3, -0.25) is 4.79 Å². The lowest BCUT2D eigenvalue weighted by molar-refractivity contribution is 0.0997. The van der Waals surface area contributed by atoms with Gasteiger partial charge < -0.3 is 9.73 Å². The molecule has 4 aromatic rings. The van der Waals surface area contributed by atoms with Gasteiger partial charge >= 0.3 is 0 Å². The van der Waals surface area contributed by atoms with Crippen LogP contribution in [0.25, 0.3) is 17.0 Å². The minimum Gasteiger partial charge on any atom is -0.451 e. The number of rotatable bonds is 4. The van der Waals surface area contributed by atoms with Gasteiger partial charge in [0.2, 0.25) is 0 Å². The number of nitrogens with zero attached hydrogens (tertiary/aromatic N) is 4. The first-order chi connectivity index (χ1) is 13.5. The molecule has 2 aromatic heterocycles. The summed E-state index contributed by atoms with van der Waals surface area (Å²) in [7, 11) is 0. The molecule has 0 aliphatic heterocycles. The molecule has 140 valence electrons. The third kappa shape index (κ3) is 3.37. The first-order valence-corrected chi connectivity index (χ1v) is 8.62. The van der Waals surface area contributed by atoms with Crippen LogP contribution < -0.4 is 5.32 Å². The molecule has 4 rings (SSSR count). The van der Waals surface area contributed by atoms with E-state index in [0.717, 1.165) is 0 Å². The smallest absolute Gasteiger partial charge is 0.291 e. The lowest BCUT2D eigenvalue weighted by atomic mass is 10.2. The molecule has 7 nitrogen and oxygen atoms in total. The highest BCUT2D eigenvalue weighted by molar-refractivity contribution is 6.33. The Labute approximate surface area is 163 Å². The number of benzene rings is 2. The summed E-state index contributed by atoms with van der Waals surface area (Å²) in [6.07, 6.45) is 0. The van der Waals surface area contributed by atoms with Gasteiger partial charge in [-0.25, -0.2) is 4.39 Å². The topological polar surface area (TPSA) is 85.8 Å². The molecule has 0 unspecified atom stereocenters. The zero-order valence-electron chi connectivity index (χ0n) is 14.6. The monoisotopic (exact) mass is 397 g/mol. The molecular formula is C19H13ClFN5O2. The van der Waals surface area contributed by atoms with Crippen molar-refractivity contribution in [2.75, 3.05) is 5.32 Å². The summed E-state index contributed by atoms with van der Waals surface area (Å²) < 4.78 is 21.0. The molecule has 0 spiro atoms. The quantitative estimate of drug-likeness (QED) is 0.555. The number of anilines is 1. The second-order valence-electron chi connectivity index (χ2n) is 5.90. The standard InChI is InChI=1S/C19H13ClFN5O2/c1-11-23-24-25-26(11)16-10-12(6-7-15(16)21)22-19(27)18-9-8-17(28-18)13-4-2-3-5-14(13)20/h2-10H,1H3,(H,22,27). The van der Waals surface area contributed by atoms with Gasteiger partial charge in [-0.15, -0.1) is 5.10 Å².